The van der Waals surface area contributed by atoms with Crippen LogP contribution >= 0.6 is 0 Å². The molecule has 6 unspecified atom stereocenters. The first-order chi connectivity index (χ1) is 14.4. The van der Waals surface area contributed by atoms with E-state index in [2.05, 4.69) is 0 Å². The number of carbonyl (C=O) groups excluding carboxylic acids is 2. The Morgan fingerprint density at radius 3 is 1.77 bits per heavy atom. The molecule has 0 radical (unpaired) electrons. The molecule has 4 fully saturated rings. The standard InChI is InChI=1S/C24H38O6/c25-22(26)6-4-2-1-3-5-11-24(23(27)28,14-16-7-9-18-20(12-16)29-18)15-17-8-10-19-21(13-17)30-19/h16-21H,1-15H2,(H,25,26)(H,27,28)/p-2. The molecular weight excluding hydrogens is 384 g/mol. The van der Waals surface area contributed by atoms with Gasteiger partial charge in [0.2, 0.25) is 0 Å². The van der Waals surface area contributed by atoms with Crippen LogP contribution in [0.1, 0.15) is 96.3 Å². The molecule has 2 aliphatic heterocycles. The summed E-state index contributed by atoms with van der Waals surface area (Å²) in [5, 5.41) is 23.1. The smallest absolute Gasteiger partial charge is 0.0844 e. The number of carboxylic acids is 2. The SMILES string of the molecule is O=C([O-])CCCCCCCC(CC1CCC2OC2C1)(CC1CCC2OC2C1)C(=O)[O-]. The molecule has 2 saturated carbocycles. The molecule has 0 N–H and O–H groups in total. The molecule has 6 nitrogen and oxygen atoms in total. The van der Waals surface area contributed by atoms with Gasteiger partial charge in [-0.15, -0.1) is 0 Å². The Morgan fingerprint density at radius 1 is 0.733 bits per heavy atom. The first-order valence-corrected chi connectivity index (χ1v) is 12.2. The number of fused-ring (bicyclic) bond motifs is 2. The number of ether oxygens (including phenoxy) is 2. The monoisotopic (exact) mass is 420 g/mol. The Kier molecular flexibility index (Phi) is 7.03. The van der Waals surface area contributed by atoms with Crippen LogP contribution in [0.5, 0.6) is 0 Å². The highest BCUT2D eigenvalue weighted by Gasteiger charge is 2.48. The molecular formula is C24H36O6-2. The molecule has 0 amide bonds. The van der Waals surface area contributed by atoms with Crippen molar-refractivity contribution in [3.8, 4) is 0 Å². The third kappa shape index (κ3) is 5.76. The molecule has 0 aromatic heterocycles. The molecule has 30 heavy (non-hydrogen) atoms. The molecule has 170 valence electrons. The molecule has 4 rings (SSSR count). The minimum atomic E-state index is -0.991. The highest BCUT2D eigenvalue weighted by Crippen LogP contribution is 2.50. The fraction of sp³-hybridized carbons (Fsp3) is 0.917. The number of epoxide rings is 2. The van der Waals surface area contributed by atoms with Crippen molar-refractivity contribution in [2.45, 2.75) is 121 Å². The highest BCUT2D eigenvalue weighted by molar-refractivity contribution is 5.72. The number of carbonyl (C=O) groups is 2. The first kappa shape index (κ1) is 22.1. The Labute approximate surface area is 179 Å². The second-order valence-corrected chi connectivity index (χ2v) is 10.4. The van der Waals surface area contributed by atoms with Crippen LogP contribution in [-0.4, -0.2) is 36.4 Å². The summed E-state index contributed by atoms with van der Waals surface area (Å²) in [5.74, 6) is -1.02. The lowest BCUT2D eigenvalue weighted by atomic mass is 9.66. The molecule has 6 heteroatoms. The van der Waals surface area contributed by atoms with E-state index in [9.17, 15) is 19.8 Å². The maximum Gasteiger partial charge on any atom is 0.0844 e. The number of rotatable bonds is 13. The van der Waals surface area contributed by atoms with E-state index in [-0.39, 0.29) is 6.42 Å². The first-order valence-electron chi connectivity index (χ1n) is 12.2. The van der Waals surface area contributed by atoms with Gasteiger partial charge in [0.1, 0.15) is 0 Å². The van der Waals surface area contributed by atoms with Gasteiger partial charge >= 0.3 is 0 Å². The number of hydrogen-bond donors (Lipinski definition) is 0. The maximum atomic E-state index is 12.5. The van der Waals surface area contributed by atoms with Crippen LogP contribution in [0.25, 0.3) is 0 Å². The maximum absolute atomic E-state index is 12.5. The lowest BCUT2D eigenvalue weighted by Crippen LogP contribution is -2.45. The van der Waals surface area contributed by atoms with Crippen molar-refractivity contribution in [3.05, 3.63) is 0 Å². The van der Waals surface area contributed by atoms with Gasteiger partial charge in [0.25, 0.3) is 0 Å². The van der Waals surface area contributed by atoms with Crippen LogP contribution in [-0.2, 0) is 19.1 Å². The zero-order valence-electron chi connectivity index (χ0n) is 18.0. The average Bonchev–Trinajstić information content (AvgIpc) is 3.60. The second-order valence-electron chi connectivity index (χ2n) is 10.4. The van der Waals surface area contributed by atoms with E-state index >= 15 is 0 Å². The highest BCUT2D eigenvalue weighted by atomic mass is 16.6. The number of unbranched alkanes of at least 4 members (excludes halogenated alkanes) is 4. The van der Waals surface area contributed by atoms with Gasteiger partial charge in [-0.25, -0.2) is 0 Å². The van der Waals surface area contributed by atoms with Crippen LogP contribution in [0.4, 0.5) is 0 Å². The van der Waals surface area contributed by atoms with Crippen LogP contribution in [0.2, 0.25) is 0 Å². The van der Waals surface area contributed by atoms with Crippen molar-refractivity contribution in [2.75, 3.05) is 0 Å². The van der Waals surface area contributed by atoms with Gasteiger partial charge in [0, 0.05) is 17.4 Å². The van der Waals surface area contributed by atoms with E-state index < -0.39 is 17.4 Å². The van der Waals surface area contributed by atoms with Crippen molar-refractivity contribution in [3.63, 3.8) is 0 Å². The zero-order chi connectivity index (χ0) is 21.1. The summed E-state index contributed by atoms with van der Waals surface area (Å²) in [4.78, 5) is 23.1. The third-order valence-electron chi connectivity index (χ3n) is 8.05. The van der Waals surface area contributed by atoms with Crippen LogP contribution in [0, 0.1) is 17.3 Å². The van der Waals surface area contributed by atoms with Crippen LogP contribution in [0.3, 0.4) is 0 Å². The minimum Gasteiger partial charge on any atom is -0.550 e. The Hall–Kier alpha value is -1.14. The van der Waals surface area contributed by atoms with E-state index in [4.69, 9.17) is 9.47 Å². The zero-order valence-corrected chi connectivity index (χ0v) is 18.0. The van der Waals surface area contributed by atoms with Crippen molar-refractivity contribution in [1.82, 2.24) is 0 Å². The van der Waals surface area contributed by atoms with Crippen molar-refractivity contribution in [1.29, 1.82) is 0 Å². The van der Waals surface area contributed by atoms with E-state index in [1.165, 1.54) is 0 Å². The van der Waals surface area contributed by atoms with Gasteiger partial charge in [0.05, 0.1) is 24.4 Å². The number of hydrogen-bond acceptors (Lipinski definition) is 6. The van der Waals surface area contributed by atoms with E-state index in [0.717, 1.165) is 77.0 Å². The predicted molar refractivity (Wildman–Crippen MR) is 106 cm³/mol. The molecule has 0 spiro atoms. The quantitative estimate of drug-likeness (QED) is 0.334. The van der Waals surface area contributed by atoms with E-state index in [1.54, 1.807) is 0 Å². The molecule has 4 aliphatic rings. The lowest BCUT2D eigenvalue weighted by Gasteiger charge is -2.41. The Balaban J connectivity index is 1.32. The van der Waals surface area contributed by atoms with Gasteiger partial charge in [-0.05, 0) is 82.5 Å². The summed E-state index contributed by atoms with van der Waals surface area (Å²) in [6, 6.07) is 0. The topological polar surface area (TPSA) is 105 Å². The number of carboxylic acid groups (broad SMARTS) is 2. The lowest BCUT2D eigenvalue weighted by molar-refractivity contribution is -0.322. The van der Waals surface area contributed by atoms with Crippen molar-refractivity contribution >= 4 is 11.9 Å². The molecule has 2 heterocycles. The van der Waals surface area contributed by atoms with E-state index in [1.807, 2.05) is 0 Å². The normalized spacial score (nSPS) is 36.3. The number of aliphatic carboxylic acids is 2. The van der Waals surface area contributed by atoms with Crippen molar-refractivity contribution < 1.29 is 29.3 Å². The molecule has 0 bridgehead atoms. The summed E-state index contributed by atoms with van der Waals surface area (Å²) >= 11 is 0. The van der Waals surface area contributed by atoms with Gasteiger partial charge in [-0.1, -0.05) is 25.7 Å². The molecule has 6 atom stereocenters. The fourth-order valence-electron chi connectivity index (χ4n) is 6.27. The molecule has 0 aromatic carbocycles. The van der Waals surface area contributed by atoms with Gasteiger partial charge in [-0.2, -0.15) is 0 Å². The van der Waals surface area contributed by atoms with Crippen molar-refractivity contribution in [2.24, 2.45) is 17.3 Å². The molecule has 2 saturated heterocycles. The predicted octanol–water partition coefficient (Wildman–Crippen LogP) is 2.12. The van der Waals surface area contributed by atoms with Crippen LogP contribution < -0.4 is 10.2 Å². The molecule has 0 aromatic rings. The summed E-state index contributed by atoms with van der Waals surface area (Å²) in [6.07, 6.45) is 14.3. The largest absolute Gasteiger partial charge is 0.550 e. The summed E-state index contributed by atoms with van der Waals surface area (Å²) < 4.78 is 11.4. The average molecular weight is 421 g/mol. The van der Waals surface area contributed by atoms with E-state index in [0.29, 0.717) is 49.1 Å². The summed E-state index contributed by atoms with van der Waals surface area (Å²) in [7, 11) is 0. The van der Waals surface area contributed by atoms with Gasteiger partial charge in [-0.3, -0.25) is 0 Å². The third-order valence-corrected chi connectivity index (χ3v) is 8.05. The van der Waals surface area contributed by atoms with Gasteiger partial charge in [0.15, 0.2) is 0 Å². The Morgan fingerprint density at radius 2 is 1.27 bits per heavy atom. The van der Waals surface area contributed by atoms with Gasteiger partial charge < -0.3 is 29.3 Å². The second kappa shape index (κ2) is 9.56. The van der Waals surface area contributed by atoms with Crippen LogP contribution in [0.15, 0.2) is 0 Å². The molecule has 2 aliphatic carbocycles. The Bertz CT molecular complexity index is 589. The summed E-state index contributed by atoms with van der Waals surface area (Å²) in [5.41, 5.74) is -0.746. The fourth-order valence-corrected chi connectivity index (χ4v) is 6.27. The minimum absolute atomic E-state index is 0.112. The summed E-state index contributed by atoms with van der Waals surface area (Å²) in [6.45, 7) is 0.